The molecule has 24 heavy (non-hydrogen) atoms. The summed E-state index contributed by atoms with van der Waals surface area (Å²) >= 11 is 0. The molecule has 5 heteroatoms. The van der Waals surface area contributed by atoms with Crippen LogP contribution < -0.4 is 5.32 Å². The number of rotatable bonds is 6. The van der Waals surface area contributed by atoms with Crippen LogP contribution in [-0.2, 0) is 11.2 Å². The molecule has 1 N–H and O–H groups in total. The van der Waals surface area contributed by atoms with Gasteiger partial charge in [0.25, 0.3) is 0 Å². The van der Waals surface area contributed by atoms with Crippen LogP contribution in [0.25, 0.3) is 0 Å². The molecule has 1 aromatic carbocycles. The Hall–Kier alpha value is -2.17. The molecule has 1 heterocycles. The number of hydrogen-bond acceptors (Lipinski definition) is 4. The molecule has 1 atom stereocenters. The van der Waals surface area contributed by atoms with Gasteiger partial charge in [0.1, 0.15) is 0 Å². The van der Waals surface area contributed by atoms with Gasteiger partial charge < -0.3 is 9.84 Å². The van der Waals surface area contributed by atoms with Gasteiger partial charge in [-0.05, 0) is 31.2 Å². The minimum atomic E-state index is 0.0466. The molecule has 5 nitrogen and oxygen atoms in total. The van der Waals surface area contributed by atoms with Crippen LogP contribution in [0, 0.1) is 12.8 Å². The first kappa shape index (κ1) is 16.7. The van der Waals surface area contributed by atoms with E-state index in [9.17, 15) is 4.79 Å². The maximum Gasteiger partial charge on any atom is 0.227 e. The molecule has 3 rings (SSSR count). The largest absolute Gasteiger partial charge is 0.349 e. The van der Waals surface area contributed by atoms with Crippen LogP contribution in [0.5, 0.6) is 0 Å². The number of aryl methyl sites for hydroxylation is 2. The van der Waals surface area contributed by atoms with Crippen LogP contribution in [0.3, 0.4) is 0 Å². The molecule has 1 amide bonds. The number of benzene rings is 1. The second-order valence-electron chi connectivity index (χ2n) is 6.59. The van der Waals surface area contributed by atoms with Crippen molar-refractivity contribution in [1.29, 1.82) is 0 Å². The zero-order valence-corrected chi connectivity index (χ0v) is 14.2. The Morgan fingerprint density at radius 3 is 2.67 bits per heavy atom. The van der Waals surface area contributed by atoms with E-state index in [1.54, 1.807) is 6.92 Å². The van der Waals surface area contributed by atoms with Crippen molar-refractivity contribution >= 4 is 5.91 Å². The Morgan fingerprint density at radius 1 is 1.25 bits per heavy atom. The smallest absolute Gasteiger partial charge is 0.227 e. The summed E-state index contributed by atoms with van der Waals surface area (Å²) < 4.78 is 5.08. The molecule has 0 bridgehead atoms. The molecule has 1 unspecified atom stereocenters. The predicted molar refractivity (Wildman–Crippen MR) is 91.3 cm³/mol. The van der Waals surface area contributed by atoms with Crippen molar-refractivity contribution < 1.29 is 9.32 Å². The summed E-state index contributed by atoms with van der Waals surface area (Å²) in [7, 11) is 0. The van der Waals surface area contributed by atoms with Crippen LogP contribution in [0.15, 0.2) is 34.9 Å². The molecule has 128 valence electrons. The number of carbonyl (C=O) groups excluding carboxylic acids is 1. The van der Waals surface area contributed by atoms with Crippen molar-refractivity contribution in [1.82, 2.24) is 15.5 Å². The summed E-state index contributed by atoms with van der Waals surface area (Å²) in [5, 5.41) is 7.01. The van der Waals surface area contributed by atoms with E-state index in [0.29, 0.717) is 30.5 Å². The number of nitrogens with one attached hydrogen (secondary N) is 1. The summed E-state index contributed by atoms with van der Waals surface area (Å²) in [4.78, 5) is 16.6. The van der Waals surface area contributed by atoms with E-state index < -0.39 is 0 Å². The van der Waals surface area contributed by atoms with Crippen molar-refractivity contribution in [2.24, 2.45) is 5.92 Å². The lowest BCUT2D eigenvalue weighted by Crippen LogP contribution is -2.34. The minimum absolute atomic E-state index is 0.0466. The van der Waals surface area contributed by atoms with Crippen molar-refractivity contribution in [2.75, 3.05) is 0 Å². The molecule has 1 aliphatic carbocycles. The van der Waals surface area contributed by atoms with E-state index in [0.717, 1.165) is 0 Å². The Kier molecular flexibility index (Phi) is 5.62. The second kappa shape index (κ2) is 8.08. The van der Waals surface area contributed by atoms with E-state index >= 15 is 0 Å². The van der Waals surface area contributed by atoms with E-state index in [-0.39, 0.29) is 11.9 Å². The van der Waals surface area contributed by atoms with Gasteiger partial charge in [-0.25, -0.2) is 0 Å². The van der Waals surface area contributed by atoms with Crippen molar-refractivity contribution in [3.8, 4) is 0 Å². The number of aromatic nitrogens is 2. The average Bonchev–Trinajstić information content (AvgIpc) is 3.05. The van der Waals surface area contributed by atoms with Crippen LogP contribution in [0.1, 0.15) is 61.8 Å². The molecule has 1 saturated carbocycles. The monoisotopic (exact) mass is 327 g/mol. The van der Waals surface area contributed by atoms with Crippen molar-refractivity contribution in [3.05, 3.63) is 47.6 Å². The molecule has 0 saturated heterocycles. The summed E-state index contributed by atoms with van der Waals surface area (Å²) in [6.07, 6.45) is 7.04. The first-order valence-corrected chi connectivity index (χ1v) is 8.86. The molecule has 0 spiro atoms. The normalized spacial score (nSPS) is 16.7. The van der Waals surface area contributed by atoms with Gasteiger partial charge in [-0.2, -0.15) is 4.98 Å². The molecule has 1 aromatic heterocycles. The van der Waals surface area contributed by atoms with Gasteiger partial charge in [-0.1, -0.05) is 54.8 Å². The molecule has 2 aromatic rings. The van der Waals surface area contributed by atoms with Gasteiger partial charge >= 0.3 is 0 Å². The highest BCUT2D eigenvalue weighted by Crippen LogP contribution is 2.34. The fraction of sp³-hybridized carbons (Fsp3) is 0.526. The third-order valence-electron chi connectivity index (χ3n) is 4.73. The molecule has 1 aliphatic rings. The van der Waals surface area contributed by atoms with Crippen LogP contribution >= 0.6 is 0 Å². The van der Waals surface area contributed by atoms with E-state index in [2.05, 4.69) is 27.6 Å². The maximum absolute atomic E-state index is 12.4. The third-order valence-corrected chi connectivity index (χ3v) is 4.73. The van der Waals surface area contributed by atoms with E-state index in [1.807, 2.05) is 18.2 Å². The topological polar surface area (TPSA) is 68.0 Å². The number of carbonyl (C=O) groups is 1. The lowest BCUT2D eigenvalue weighted by molar-refractivity contribution is -0.122. The van der Waals surface area contributed by atoms with E-state index in [4.69, 9.17) is 4.52 Å². The first-order chi connectivity index (χ1) is 11.7. The van der Waals surface area contributed by atoms with Gasteiger partial charge in [0, 0.05) is 12.8 Å². The van der Waals surface area contributed by atoms with E-state index in [1.165, 1.54) is 37.7 Å². The average molecular weight is 327 g/mol. The third kappa shape index (κ3) is 4.43. The second-order valence-corrected chi connectivity index (χ2v) is 6.59. The molecular formula is C19H25N3O2. The number of amides is 1. The van der Waals surface area contributed by atoms with Gasteiger partial charge in [0.05, 0.1) is 6.04 Å². The highest BCUT2D eigenvalue weighted by atomic mass is 16.5. The Balaban J connectivity index is 1.63. The molecule has 0 aliphatic heterocycles. The number of hydrogen-bond donors (Lipinski definition) is 1. The summed E-state index contributed by atoms with van der Waals surface area (Å²) in [5.74, 6) is 1.70. The summed E-state index contributed by atoms with van der Waals surface area (Å²) in [6.45, 7) is 1.78. The molecular weight excluding hydrogens is 302 g/mol. The quantitative estimate of drug-likeness (QED) is 0.877. The SMILES string of the molecule is Cc1noc(CCC(=O)NC(c2ccccc2)C2CCCCC2)n1. The highest BCUT2D eigenvalue weighted by molar-refractivity contribution is 5.76. The summed E-state index contributed by atoms with van der Waals surface area (Å²) in [6, 6.07) is 10.4. The zero-order valence-electron chi connectivity index (χ0n) is 14.2. The zero-order chi connectivity index (χ0) is 16.8. The van der Waals surface area contributed by atoms with Gasteiger partial charge in [0.15, 0.2) is 5.82 Å². The Morgan fingerprint density at radius 2 is 2.00 bits per heavy atom. The van der Waals surface area contributed by atoms with Crippen LogP contribution in [-0.4, -0.2) is 16.0 Å². The first-order valence-electron chi connectivity index (χ1n) is 8.86. The van der Waals surface area contributed by atoms with Gasteiger partial charge in [-0.3, -0.25) is 4.79 Å². The Bertz CT molecular complexity index is 648. The van der Waals surface area contributed by atoms with Crippen molar-refractivity contribution in [2.45, 2.75) is 57.9 Å². The predicted octanol–water partition coefficient (Wildman–Crippen LogP) is 3.75. The lowest BCUT2D eigenvalue weighted by Gasteiger charge is -2.31. The molecule has 0 radical (unpaired) electrons. The Labute approximate surface area is 142 Å². The molecule has 1 fully saturated rings. The fourth-order valence-corrected chi connectivity index (χ4v) is 3.51. The van der Waals surface area contributed by atoms with Crippen LogP contribution in [0.2, 0.25) is 0 Å². The highest BCUT2D eigenvalue weighted by Gasteiger charge is 2.26. The fourth-order valence-electron chi connectivity index (χ4n) is 3.51. The minimum Gasteiger partial charge on any atom is -0.349 e. The van der Waals surface area contributed by atoms with Gasteiger partial charge in [0.2, 0.25) is 11.8 Å². The van der Waals surface area contributed by atoms with Crippen molar-refractivity contribution in [3.63, 3.8) is 0 Å². The summed E-state index contributed by atoms with van der Waals surface area (Å²) in [5.41, 5.74) is 1.20. The maximum atomic E-state index is 12.4. The lowest BCUT2D eigenvalue weighted by atomic mass is 9.81. The van der Waals surface area contributed by atoms with Gasteiger partial charge in [-0.15, -0.1) is 0 Å². The standard InChI is InChI=1S/C19H25N3O2/c1-14-20-18(24-22-14)13-12-17(23)21-19(15-8-4-2-5-9-15)16-10-6-3-7-11-16/h2,4-5,8-9,16,19H,3,6-7,10-13H2,1H3,(H,21,23). The van der Waals surface area contributed by atoms with Crippen LogP contribution in [0.4, 0.5) is 0 Å². The number of nitrogens with zero attached hydrogens (tertiary/aromatic N) is 2.